The monoisotopic (exact) mass is 547 g/mol. The van der Waals surface area contributed by atoms with Crippen LogP contribution >= 0.6 is 11.6 Å². The van der Waals surface area contributed by atoms with Crippen LogP contribution in [0.3, 0.4) is 0 Å². The number of rotatable bonds is 13. The van der Waals surface area contributed by atoms with Gasteiger partial charge in [-0.15, -0.1) is 11.6 Å². The number of allylic oxidation sites excluding steroid dienone is 1. The van der Waals surface area contributed by atoms with E-state index in [-0.39, 0.29) is 17.7 Å². The van der Waals surface area contributed by atoms with Crippen molar-refractivity contribution in [2.24, 2.45) is 0 Å². The molecule has 0 saturated carbocycles. The van der Waals surface area contributed by atoms with Crippen LogP contribution in [0.4, 0.5) is 0 Å². The fourth-order valence-corrected chi connectivity index (χ4v) is 9.62. The first-order chi connectivity index (χ1) is 18.3. The highest BCUT2D eigenvalue weighted by Crippen LogP contribution is 2.37. The zero-order valence-electron chi connectivity index (χ0n) is 23.2. The van der Waals surface area contributed by atoms with Crippen LogP contribution in [0.5, 0.6) is 0 Å². The Morgan fingerprint density at radius 1 is 0.921 bits per heavy atom. The number of alkyl halides is 1. The molecule has 202 valence electrons. The van der Waals surface area contributed by atoms with E-state index >= 15 is 0 Å². The maximum atomic E-state index is 9.69. The van der Waals surface area contributed by atoms with Gasteiger partial charge in [0.05, 0.1) is 19.3 Å². The second-order valence-electron chi connectivity index (χ2n) is 10.8. The zero-order valence-corrected chi connectivity index (χ0v) is 24.9. The van der Waals surface area contributed by atoms with Gasteiger partial charge >= 0.3 is 0 Å². The molecule has 1 N–H and O–H groups in total. The first kappa shape index (κ1) is 30.1. The summed E-state index contributed by atoms with van der Waals surface area (Å²) in [5.74, 6) is 0.509. The van der Waals surface area contributed by atoms with Gasteiger partial charge in [0, 0.05) is 19.0 Å². The second kappa shape index (κ2) is 14.6. The fraction of sp³-hybridized carbons (Fsp3) is 0.333. The molecule has 0 amide bonds. The molecule has 38 heavy (non-hydrogen) atoms. The minimum Gasteiger partial charge on any atom is -0.405 e. The Morgan fingerprint density at radius 3 is 1.92 bits per heavy atom. The summed E-state index contributed by atoms with van der Waals surface area (Å²) in [6.45, 7) is 10.9. The lowest BCUT2D eigenvalue weighted by molar-refractivity contribution is 0.163. The highest BCUT2D eigenvalue weighted by molar-refractivity contribution is 6.99. The van der Waals surface area contributed by atoms with Crippen LogP contribution in [0.15, 0.2) is 115 Å². The van der Waals surface area contributed by atoms with E-state index in [0.717, 1.165) is 18.7 Å². The maximum absolute atomic E-state index is 9.69. The normalized spacial score (nSPS) is 13.8. The average Bonchev–Trinajstić information content (AvgIpc) is 2.94. The Bertz CT molecular complexity index is 1100. The third-order valence-electron chi connectivity index (χ3n) is 6.93. The van der Waals surface area contributed by atoms with Crippen LogP contribution in [0, 0.1) is 0 Å². The fourth-order valence-electron chi connectivity index (χ4n) is 4.94. The largest absolute Gasteiger partial charge is 0.405 e. The van der Waals surface area contributed by atoms with Crippen LogP contribution in [-0.4, -0.2) is 50.0 Å². The summed E-state index contributed by atoms with van der Waals surface area (Å²) in [6.07, 6.45) is 6.11. The van der Waals surface area contributed by atoms with Gasteiger partial charge in [-0.1, -0.05) is 136 Å². The van der Waals surface area contributed by atoms with E-state index in [1.807, 2.05) is 12.1 Å². The predicted molar refractivity (Wildman–Crippen MR) is 165 cm³/mol. The van der Waals surface area contributed by atoms with E-state index in [9.17, 15) is 5.11 Å². The Kier molecular flexibility index (Phi) is 11.6. The molecule has 3 aromatic rings. The van der Waals surface area contributed by atoms with E-state index in [1.54, 1.807) is 0 Å². The summed E-state index contributed by atoms with van der Waals surface area (Å²) in [5.41, 5.74) is 2.37. The van der Waals surface area contributed by atoms with Crippen molar-refractivity contribution in [2.45, 2.75) is 45.3 Å². The number of hydrogen-bond acceptors (Lipinski definition) is 3. The standard InChI is InChI=1S/C33H42ClNO2Si/c1-28(25-34)22-23-35(26-29-15-8-5-9-16-29)30(17-14-24-36)27-37-38(33(2,3)4,31-18-10-6-11-19-31)32-20-12-7-13-21-32/h5-22,30,36H,23-27H2,1-4H3/b17-14+,28-22+. The number of halogens is 1. The molecule has 3 aromatic carbocycles. The summed E-state index contributed by atoms with van der Waals surface area (Å²) >= 11 is 6.11. The van der Waals surface area contributed by atoms with Crippen LogP contribution in [-0.2, 0) is 11.0 Å². The van der Waals surface area contributed by atoms with E-state index in [1.165, 1.54) is 15.9 Å². The summed E-state index contributed by atoms with van der Waals surface area (Å²) < 4.78 is 7.29. The van der Waals surface area contributed by atoms with Crippen molar-refractivity contribution in [1.82, 2.24) is 4.90 Å². The summed E-state index contributed by atoms with van der Waals surface area (Å²) in [7, 11) is -2.70. The highest BCUT2D eigenvalue weighted by Gasteiger charge is 2.50. The molecular weight excluding hydrogens is 506 g/mol. The van der Waals surface area contributed by atoms with E-state index in [0.29, 0.717) is 12.5 Å². The van der Waals surface area contributed by atoms with Crippen LogP contribution < -0.4 is 10.4 Å². The molecule has 5 heteroatoms. The smallest absolute Gasteiger partial charge is 0.261 e. The van der Waals surface area contributed by atoms with Gasteiger partial charge in [-0.3, -0.25) is 4.90 Å². The lowest BCUT2D eigenvalue weighted by Crippen LogP contribution is -2.67. The SMILES string of the molecule is C/C(=C\CN(Cc1ccccc1)C(/C=C/CO)CO[Si](c1ccccc1)(c1ccccc1)C(C)(C)C)CCl. The predicted octanol–water partition coefficient (Wildman–Crippen LogP) is 6.17. The van der Waals surface area contributed by atoms with Gasteiger partial charge in [0.1, 0.15) is 0 Å². The molecule has 0 spiro atoms. The molecule has 0 aliphatic rings. The third-order valence-corrected chi connectivity index (χ3v) is 12.4. The first-order valence-corrected chi connectivity index (χ1v) is 15.8. The Hall–Kier alpha value is -2.47. The molecule has 3 nitrogen and oxygen atoms in total. The Labute approximate surface area is 235 Å². The van der Waals surface area contributed by atoms with Crippen molar-refractivity contribution in [1.29, 1.82) is 0 Å². The van der Waals surface area contributed by atoms with Crippen molar-refractivity contribution >= 4 is 30.3 Å². The van der Waals surface area contributed by atoms with Gasteiger partial charge < -0.3 is 9.53 Å². The molecule has 0 aliphatic carbocycles. The molecule has 0 saturated heterocycles. The summed E-state index contributed by atoms with van der Waals surface area (Å²) in [4.78, 5) is 2.40. The van der Waals surface area contributed by atoms with Crippen LogP contribution in [0.1, 0.15) is 33.3 Å². The molecule has 1 atom stereocenters. The second-order valence-corrected chi connectivity index (χ2v) is 15.3. The molecule has 0 heterocycles. The van der Waals surface area contributed by atoms with Crippen molar-refractivity contribution in [2.75, 3.05) is 25.6 Å². The number of aliphatic hydroxyl groups is 1. The average molecular weight is 548 g/mol. The Balaban J connectivity index is 2.05. The van der Waals surface area contributed by atoms with Gasteiger partial charge in [-0.2, -0.15) is 0 Å². The molecule has 0 aromatic heterocycles. The minimum absolute atomic E-state index is 0.00850. The van der Waals surface area contributed by atoms with Crippen molar-refractivity contribution in [3.05, 3.63) is 120 Å². The van der Waals surface area contributed by atoms with Crippen LogP contribution in [0.2, 0.25) is 5.04 Å². The van der Waals surface area contributed by atoms with E-state index in [2.05, 4.69) is 130 Å². The van der Waals surface area contributed by atoms with Gasteiger partial charge in [0.25, 0.3) is 8.32 Å². The molecule has 0 aliphatic heterocycles. The lowest BCUT2D eigenvalue weighted by Gasteiger charge is -2.44. The summed E-state index contributed by atoms with van der Waals surface area (Å²) in [6, 6.07) is 31.9. The number of benzene rings is 3. The maximum Gasteiger partial charge on any atom is 0.261 e. The lowest BCUT2D eigenvalue weighted by atomic mass is 10.1. The Morgan fingerprint density at radius 2 is 1.45 bits per heavy atom. The number of aliphatic hydroxyl groups excluding tert-OH is 1. The third kappa shape index (κ3) is 7.78. The minimum atomic E-state index is -2.70. The molecule has 0 fully saturated rings. The molecule has 3 rings (SSSR count). The highest BCUT2D eigenvalue weighted by atomic mass is 35.5. The van der Waals surface area contributed by atoms with Gasteiger partial charge in [-0.05, 0) is 27.9 Å². The molecular formula is C33H42ClNO2Si. The molecule has 0 radical (unpaired) electrons. The topological polar surface area (TPSA) is 32.7 Å². The zero-order chi connectivity index (χ0) is 27.4. The first-order valence-electron chi connectivity index (χ1n) is 13.3. The quantitative estimate of drug-likeness (QED) is 0.158. The van der Waals surface area contributed by atoms with E-state index in [4.69, 9.17) is 16.0 Å². The van der Waals surface area contributed by atoms with Gasteiger partial charge in [-0.25, -0.2) is 0 Å². The number of hydrogen-bond donors (Lipinski definition) is 1. The van der Waals surface area contributed by atoms with E-state index < -0.39 is 8.32 Å². The van der Waals surface area contributed by atoms with Gasteiger partial charge in [0.2, 0.25) is 0 Å². The molecule has 0 bridgehead atoms. The van der Waals surface area contributed by atoms with Crippen molar-refractivity contribution in [3.8, 4) is 0 Å². The van der Waals surface area contributed by atoms with Crippen LogP contribution in [0.25, 0.3) is 0 Å². The van der Waals surface area contributed by atoms with Crippen molar-refractivity contribution in [3.63, 3.8) is 0 Å². The summed E-state index contributed by atoms with van der Waals surface area (Å²) in [5, 5.41) is 12.1. The number of nitrogens with zero attached hydrogens (tertiary/aromatic N) is 1. The molecule has 1 unspecified atom stereocenters. The van der Waals surface area contributed by atoms with Gasteiger partial charge in [0.15, 0.2) is 0 Å². The van der Waals surface area contributed by atoms with Crippen molar-refractivity contribution < 1.29 is 9.53 Å².